The molecular formula is C13H11BrF3NO5. The number of nitrogens with one attached hydrogen (secondary N) is 1. The van der Waals surface area contributed by atoms with Crippen LogP contribution in [0.5, 0.6) is 5.75 Å². The molecule has 0 bridgehead atoms. The minimum atomic E-state index is -4.93. The van der Waals surface area contributed by atoms with Gasteiger partial charge in [0.15, 0.2) is 5.75 Å². The summed E-state index contributed by atoms with van der Waals surface area (Å²) in [5.74, 6) is -2.47. The molecule has 1 N–H and O–H groups in total. The van der Waals surface area contributed by atoms with E-state index in [0.29, 0.717) is 4.47 Å². The maximum absolute atomic E-state index is 12.4. The van der Waals surface area contributed by atoms with Crippen molar-refractivity contribution in [1.29, 1.82) is 0 Å². The lowest BCUT2D eigenvalue weighted by atomic mass is 10.2. The lowest BCUT2D eigenvalue weighted by Gasteiger charge is -2.15. The van der Waals surface area contributed by atoms with Crippen molar-refractivity contribution >= 4 is 33.6 Å². The molecule has 0 heterocycles. The molecule has 0 spiro atoms. The van der Waals surface area contributed by atoms with Gasteiger partial charge in [-0.1, -0.05) is 15.9 Å². The Morgan fingerprint density at radius 1 is 1.22 bits per heavy atom. The molecular weight excluding hydrogens is 387 g/mol. The lowest BCUT2D eigenvalue weighted by molar-refractivity contribution is -0.274. The summed E-state index contributed by atoms with van der Waals surface area (Å²) in [4.78, 5) is 22.9. The van der Waals surface area contributed by atoms with Crippen molar-refractivity contribution in [1.82, 2.24) is 0 Å². The quantitative estimate of drug-likeness (QED) is 0.608. The molecule has 0 saturated heterocycles. The average molecular weight is 398 g/mol. The smallest absolute Gasteiger partial charge is 0.466 e. The van der Waals surface area contributed by atoms with Gasteiger partial charge in [0.1, 0.15) is 5.70 Å². The van der Waals surface area contributed by atoms with E-state index in [0.717, 1.165) is 26.4 Å². The Kier molecular flexibility index (Phi) is 6.43. The van der Waals surface area contributed by atoms with Crippen LogP contribution in [0.3, 0.4) is 0 Å². The summed E-state index contributed by atoms with van der Waals surface area (Å²) in [6.45, 7) is 0. The summed E-state index contributed by atoms with van der Waals surface area (Å²) in [5, 5.41) is 2.36. The van der Waals surface area contributed by atoms with Crippen LogP contribution in [-0.2, 0) is 19.1 Å². The van der Waals surface area contributed by atoms with Gasteiger partial charge < -0.3 is 19.5 Å². The van der Waals surface area contributed by atoms with Crippen molar-refractivity contribution < 1.29 is 37.0 Å². The van der Waals surface area contributed by atoms with Crippen molar-refractivity contribution in [3.8, 4) is 5.75 Å². The number of esters is 2. The van der Waals surface area contributed by atoms with Gasteiger partial charge in [-0.05, 0) is 18.2 Å². The molecule has 0 radical (unpaired) electrons. The summed E-state index contributed by atoms with van der Waals surface area (Å²) in [6.07, 6.45) is -4.19. The number of ether oxygens (including phenoxy) is 3. The molecule has 23 heavy (non-hydrogen) atoms. The van der Waals surface area contributed by atoms with E-state index in [1.165, 1.54) is 12.1 Å². The van der Waals surface area contributed by atoms with E-state index in [4.69, 9.17) is 0 Å². The number of anilines is 1. The van der Waals surface area contributed by atoms with E-state index >= 15 is 0 Å². The van der Waals surface area contributed by atoms with Crippen molar-refractivity contribution in [2.45, 2.75) is 6.36 Å². The van der Waals surface area contributed by atoms with Gasteiger partial charge in [-0.25, -0.2) is 9.59 Å². The van der Waals surface area contributed by atoms with E-state index < -0.39 is 29.7 Å². The second kappa shape index (κ2) is 7.86. The van der Waals surface area contributed by atoms with E-state index in [1.54, 1.807) is 0 Å². The van der Waals surface area contributed by atoms with E-state index in [-0.39, 0.29) is 5.69 Å². The summed E-state index contributed by atoms with van der Waals surface area (Å²) >= 11 is 3.08. The highest BCUT2D eigenvalue weighted by Gasteiger charge is 2.32. The SMILES string of the molecule is COC(=O)/C=C(/Nc1cc(Br)ccc1OC(F)(F)F)C(=O)OC. The van der Waals surface area contributed by atoms with Gasteiger partial charge in [-0.3, -0.25) is 0 Å². The van der Waals surface area contributed by atoms with Crippen molar-refractivity contribution in [2.75, 3.05) is 19.5 Å². The number of rotatable bonds is 5. The van der Waals surface area contributed by atoms with Crippen LogP contribution in [0.4, 0.5) is 18.9 Å². The van der Waals surface area contributed by atoms with Gasteiger partial charge in [-0.2, -0.15) is 0 Å². The molecule has 1 aromatic rings. The molecule has 0 fully saturated rings. The Hall–Kier alpha value is -2.23. The number of methoxy groups -OCH3 is 2. The summed E-state index contributed by atoms with van der Waals surface area (Å²) < 4.78 is 50.3. The van der Waals surface area contributed by atoms with Gasteiger partial charge in [0.05, 0.1) is 26.0 Å². The first-order valence-electron chi connectivity index (χ1n) is 5.86. The largest absolute Gasteiger partial charge is 0.573 e. The third kappa shape index (κ3) is 6.19. The van der Waals surface area contributed by atoms with E-state index in [1.807, 2.05) is 0 Å². The molecule has 126 valence electrons. The lowest BCUT2D eigenvalue weighted by Crippen LogP contribution is -2.20. The standard InChI is InChI=1S/C13H11BrF3NO5/c1-21-11(19)6-9(12(20)22-2)18-8-5-7(14)3-4-10(8)23-13(15,16)17/h3-6,18H,1-2H3/b9-6+. The van der Waals surface area contributed by atoms with Crippen LogP contribution < -0.4 is 10.1 Å². The molecule has 0 aliphatic heterocycles. The summed E-state index contributed by atoms with van der Waals surface area (Å²) in [6, 6.07) is 3.58. The van der Waals surface area contributed by atoms with E-state index in [9.17, 15) is 22.8 Å². The van der Waals surface area contributed by atoms with Crippen LogP contribution in [0.25, 0.3) is 0 Å². The Bertz CT molecular complexity index is 631. The summed E-state index contributed by atoms with van der Waals surface area (Å²) in [7, 11) is 2.12. The molecule has 10 heteroatoms. The fourth-order valence-electron chi connectivity index (χ4n) is 1.39. The van der Waals surface area contributed by atoms with E-state index in [2.05, 4.69) is 35.5 Å². The predicted molar refractivity (Wildman–Crippen MR) is 76.6 cm³/mol. The minimum absolute atomic E-state index is 0.211. The van der Waals surface area contributed by atoms with Crippen LogP contribution in [0.2, 0.25) is 0 Å². The molecule has 0 amide bonds. The first-order chi connectivity index (χ1) is 10.7. The zero-order valence-corrected chi connectivity index (χ0v) is 13.4. The number of benzene rings is 1. The molecule has 0 saturated carbocycles. The highest BCUT2D eigenvalue weighted by Crippen LogP contribution is 2.33. The maximum atomic E-state index is 12.4. The van der Waals surface area contributed by atoms with Crippen molar-refractivity contribution in [3.05, 3.63) is 34.4 Å². The van der Waals surface area contributed by atoms with Crippen molar-refractivity contribution in [2.24, 2.45) is 0 Å². The second-order valence-electron chi connectivity index (χ2n) is 3.89. The van der Waals surface area contributed by atoms with Gasteiger partial charge >= 0.3 is 18.3 Å². The number of alkyl halides is 3. The first kappa shape index (κ1) is 18.8. The highest BCUT2D eigenvalue weighted by molar-refractivity contribution is 9.10. The monoisotopic (exact) mass is 397 g/mol. The molecule has 6 nitrogen and oxygen atoms in total. The van der Waals surface area contributed by atoms with Crippen LogP contribution in [0.15, 0.2) is 34.4 Å². The Labute approximate surface area is 137 Å². The van der Waals surface area contributed by atoms with Crippen LogP contribution >= 0.6 is 15.9 Å². The second-order valence-corrected chi connectivity index (χ2v) is 4.80. The third-order valence-corrected chi connectivity index (χ3v) is 2.80. The predicted octanol–water partition coefficient (Wildman–Crippen LogP) is 2.99. The van der Waals surface area contributed by atoms with Crippen LogP contribution in [0.1, 0.15) is 0 Å². The highest BCUT2D eigenvalue weighted by atomic mass is 79.9. The van der Waals surface area contributed by atoms with Gasteiger partial charge in [0.2, 0.25) is 0 Å². The van der Waals surface area contributed by atoms with Gasteiger partial charge in [0.25, 0.3) is 0 Å². The number of halogens is 4. The molecule has 1 aromatic carbocycles. The first-order valence-corrected chi connectivity index (χ1v) is 6.66. The minimum Gasteiger partial charge on any atom is -0.466 e. The fraction of sp³-hybridized carbons (Fsp3) is 0.231. The number of carbonyl (C=O) groups excluding carboxylic acids is 2. The van der Waals surface area contributed by atoms with Gasteiger partial charge in [-0.15, -0.1) is 13.2 Å². The molecule has 0 atom stereocenters. The third-order valence-electron chi connectivity index (χ3n) is 2.31. The fourth-order valence-corrected chi connectivity index (χ4v) is 1.75. The Morgan fingerprint density at radius 2 is 1.87 bits per heavy atom. The normalized spacial score (nSPS) is 11.7. The van der Waals surface area contributed by atoms with Crippen molar-refractivity contribution in [3.63, 3.8) is 0 Å². The zero-order valence-electron chi connectivity index (χ0n) is 11.9. The number of carbonyl (C=O) groups is 2. The average Bonchev–Trinajstić information content (AvgIpc) is 2.47. The molecule has 1 rings (SSSR count). The van der Waals surface area contributed by atoms with Crippen LogP contribution in [0, 0.1) is 0 Å². The number of hydrogen-bond donors (Lipinski definition) is 1. The Balaban J connectivity index is 3.22. The zero-order chi connectivity index (χ0) is 17.6. The topological polar surface area (TPSA) is 73.9 Å². The molecule has 0 aromatic heterocycles. The molecule has 0 aliphatic carbocycles. The summed E-state index contributed by atoms with van der Waals surface area (Å²) in [5.41, 5.74) is -0.637. The van der Waals surface area contributed by atoms with Gasteiger partial charge in [0, 0.05) is 4.47 Å². The molecule has 0 aliphatic rings. The maximum Gasteiger partial charge on any atom is 0.573 e. The number of hydrogen-bond acceptors (Lipinski definition) is 6. The Morgan fingerprint density at radius 3 is 2.39 bits per heavy atom. The molecule has 0 unspecified atom stereocenters. The van der Waals surface area contributed by atoms with Crippen LogP contribution in [-0.4, -0.2) is 32.5 Å².